The first-order valence-electron chi connectivity index (χ1n) is 11.7. The highest BCUT2D eigenvalue weighted by Crippen LogP contribution is 2.32. The second kappa shape index (κ2) is 10.4. The lowest BCUT2D eigenvalue weighted by atomic mass is 9.97. The van der Waals surface area contributed by atoms with Crippen molar-refractivity contribution in [1.29, 1.82) is 0 Å². The van der Waals surface area contributed by atoms with Crippen LogP contribution < -0.4 is 10.9 Å². The molecule has 0 radical (unpaired) electrons. The number of carbonyl (C=O) groups excluding carboxylic acids is 2. The zero-order valence-electron chi connectivity index (χ0n) is 19.5. The van der Waals surface area contributed by atoms with Crippen LogP contribution in [0.4, 0.5) is 5.69 Å². The monoisotopic (exact) mass is 501 g/mol. The first-order chi connectivity index (χ1) is 16.2. The quantitative estimate of drug-likeness (QED) is 0.566. The number of likely N-dealkylation sites (tertiary alicyclic amines) is 1. The highest BCUT2D eigenvalue weighted by atomic mass is 35.5. The van der Waals surface area contributed by atoms with E-state index in [0.717, 1.165) is 49.7 Å². The van der Waals surface area contributed by atoms with E-state index < -0.39 is 5.91 Å². The van der Waals surface area contributed by atoms with Gasteiger partial charge in [0.2, 0.25) is 5.91 Å². The molecule has 1 N–H and O–H groups in total. The number of pyridine rings is 1. The molecule has 0 atom stereocenters. The van der Waals surface area contributed by atoms with Gasteiger partial charge < -0.3 is 14.8 Å². The van der Waals surface area contributed by atoms with E-state index in [-0.39, 0.29) is 22.2 Å². The van der Waals surface area contributed by atoms with E-state index in [4.69, 9.17) is 23.2 Å². The Hall–Kier alpha value is -2.57. The number of aromatic nitrogens is 1. The number of amides is 2. The summed E-state index contributed by atoms with van der Waals surface area (Å²) in [5, 5.41) is 3.70. The second-order valence-corrected chi connectivity index (χ2v) is 10.0. The summed E-state index contributed by atoms with van der Waals surface area (Å²) in [6, 6.07) is 6.35. The number of aryl methyl sites for hydroxylation is 1. The maximum atomic E-state index is 12.9. The van der Waals surface area contributed by atoms with Crippen LogP contribution in [-0.4, -0.2) is 34.4 Å². The van der Waals surface area contributed by atoms with Crippen molar-refractivity contribution in [2.45, 2.75) is 45.4 Å². The number of nitrogens with one attached hydrogen (secondary N) is 1. The molecule has 1 aliphatic heterocycles. The largest absolute Gasteiger partial charge is 0.342 e. The molecule has 2 fully saturated rings. The highest BCUT2D eigenvalue weighted by molar-refractivity contribution is 6.31. The first kappa shape index (κ1) is 24.6. The fourth-order valence-electron chi connectivity index (χ4n) is 4.78. The first-order valence-corrected chi connectivity index (χ1v) is 12.4. The molecule has 0 unspecified atom stereocenters. The Kier molecular flexibility index (Phi) is 7.48. The fourth-order valence-corrected chi connectivity index (χ4v) is 5.26. The molecular formula is C26H29Cl2N3O3. The number of carbonyl (C=O) groups is 2. The highest BCUT2D eigenvalue weighted by Gasteiger charge is 2.28. The van der Waals surface area contributed by atoms with Gasteiger partial charge in [0.05, 0.1) is 5.69 Å². The molecule has 1 saturated carbocycles. The minimum Gasteiger partial charge on any atom is -0.342 e. The average Bonchev–Trinajstić information content (AvgIpc) is 3.34. The lowest BCUT2D eigenvalue weighted by Crippen LogP contribution is -2.39. The van der Waals surface area contributed by atoms with Crippen molar-refractivity contribution >= 4 is 46.8 Å². The molecule has 2 aromatic rings. The van der Waals surface area contributed by atoms with Gasteiger partial charge in [-0.15, -0.1) is 0 Å². The summed E-state index contributed by atoms with van der Waals surface area (Å²) in [5.74, 6) is 0.0867. The van der Waals surface area contributed by atoms with Gasteiger partial charge in [0.15, 0.2) is 0 Å². The van der Waals surface area contributed by atoms with Crippen molar-refractivity contribution in [2.75, 3.05) is 18.4 Å². The topological polar surface area (TPSA) is 71.4 Å². The van der Waals surface area contributed by atoms with E-state index in [1.165, 1.54) is 22.3 Å². The van der Waals surface area contributed by atoms with Gasteiger partial charge in [-0.3, -0.25) is 14.4 Å². The van der Waals surface area contributed by atoms with Gasteiger partial charge in [-0.25, -0.2) is 0 Å². The minimum absolute atomic E-state index is 0.187. The molecule has 2 aliphatic rings. The predicted octanol–water partition coefficient (Wildman–Crippen LogP) is 5.45. The molecular weight excluding hydrogens is 473 g/mol. The van der Waals surface area contributed by atoms with E-state index in [1.54, 1.807) is 13.1 Å². The maximum Gasteiger partial charge on any atom is 0.255 e. The molecule has 1 saturated heterocycles. The average molecular weight is 502 g/mol. The number of hydrogen-bond donors (Lipinski definition) is 1. The molecule has 6 nitrogen and oxygen atoms in total. The molecule has 0 spiro atoms. The van der Waals surface area contributed by atoms with Gasteiger partial charge in [-0.1, -0.05) is 47.7 Å². The van der Waals surface area contributed by atoms with Gasteiger partial charge >= 0.3 is 0 Å². The normalized spacial score (nSPS) is 16.6. The van der Waals surface area contributed by atoms with E-state index in [0.29, 0.717) is 29.7 Å². The SMILES string of the molecule is Cc1cc(Cl)cc(C=C2CCN(C(=O)C3CCCC3)CC2)c1NC(=O)c1cc(Cl)n(C)c(=O)c1. The number of rotatable bonds is 4. The molecule has 180 valence electrons. The number of piperidine rings is 1. The number of hydrogen-bond acceptors (Lipinski definition) is 3. The summed E-state index contributed by atoms with van der Waals surface area (Å²) in [4.78, 5) is 39.7. The minimum atomic E-state index is -0.415. The van der Waals surface area contributed by atoms with Crippen molar-refractivity contribution in [3.63, 3.8) is 0 Å². The van der Waals surface area contributed by atoms with Crippen LogP contribution in [0.2, 0.25) is 10.2 Å². The lowest BCUT2D eigenvalue weighted by Gasteiger charge is -2.30. The summed E-state index contributed by atoms with van der Waals surface area (Å²) in [6.07, 6.45) is 7.99. The Morgan fingerprint density at radius 2 is 1.74 bits per heavy atom. The number of anilines is 1. The molecule has 2 heterocycles. The van der Waals surface area contributed by atoms with Crippen molar-refractivity contribution < 1.29 is 9.59 Å². The van der Waals surface area contributed by atoms with E-state index in [1.807, 2.05) is 17.9 Å². The van der Waals surface area contributed by atoms with Crippen molar-refractivity contribution in [1.82, 2.24) is 9.47 Å². The van der Waals surface area contributed by atoms with Crippen LogP contribution in [0.25, 0.3) is 6.08 Å². The molecule has 1 aromatic carbocycles. The van der Waals surface area contributed by atoms with Crippen LogP contribution in [-0.2, 0) is 11.8 Å². The second-order valence-electron chi connectivity index (χ2n) is 9.21. The zero-order valence-corrected chi connectivity index (χ0v) is 21.0. The maximum absolute atomic E-state index is 12.9. The molecule has 8 heteroatoms. The number of nitrogens with zero attached hydrogens (tertiary/aromatic N) is 2. The number of halogens is 2. The number of benzene rings is 1. The van der Waals surface area contributed by atoms with Gasteiger partial charge in [-0.2, -0.15) is 0 Å². The molecule has 1 aliphatic carbocycles. The van der Waals surface area contributed by atoms with Crippen LogP contribution in [0.3, 0.4) is 0 Å². The molecule has 4 rings (SSSR count). The van der Waals surface area contributed by atoms with Crippen LogP contribution >= 0.6 is 23.2 Å². The summed E-state index contributed by atoms with van der Waals surface area (Å²) >= 11 is 12.4. The third-order valence-corrected chi connectivity index (χ3v) is 7.40. The summed E-state index contributed by atoms with van der Waals surface area (Å²) in [5.41, 5.74) is 3.31. The Bertz CT molecular complexity index is 1200. The zero-order chi connectivity index (χ0) is 24.4. The molecule has 1 aromatic heterocycles. The molecule has 0 bridgehead atoms. The van der Waals surface area contributed by atoms with Crippen LogP contribution in [0, 0.1) is 12.8 Å². The lowest BCUT2D eigenvalue weighted by molar-refractivity contribution is -0.135. The Morgan fingerprint density at radius 3 is 2.38 bits per heavy atom. The molecule has 34 heavy (non-hydrogen) atoms. The van der Waals surface area contributed by atoms with Crippen LogP contribution in [0.15, 0.2) is 34.6 Å². The van der Waals surface area contributed by atoms with Crippen molar-refractivity contribution in [3.05, 3.63) is 67.1 Å². The van der Waals surface area contributed by atoms with E-state index in [2.05, 4.69) is 11.4 Å². The van der Waals surface area contributed by atoms with Gasteiger partial charge in [0.1, 0.15) is 5.15 Å². The van der Waals surface area contributed by atoms with Crippen LogP contribution in [0.1, 0.15) is 60.0 Å². The van der Waals surface area contributed by atoms with Gasteiger partial charge in [-0.05, 0) is 61.9 Å². The Labute approximate surface area is 209 Å². The third kappa shape index (κ3) is 5.39. The van der Waals surface area contributed by atoms with E-state index in [9.17, 15) is 14.4 Å². The predicted molar refractivity (Wildman–Crippen MR) is 137 cm³/mol. The van der Waals surface area contributed by atoms with Crippen LogP contribution in [0.5, 0.6) is 0 Å². The summed E-state index contributed by atoms with van der Waals surface area (Å²) in [6.45, 7) is 3.31. The third-order valence-electron chi connectivity index (χ3n) is 6.82. The fraction of sp³-hybridized carbons (Fsp3) is 0.423. The summed E-state index contributed by atoms with van der Waals surface area (Å²) < 4.78 is 1.27. The van der Waals surface area contributed by atoms with Gasteiger partial charge in [0.25, 0.3) is 11.5 Å². The summed E-state index contributed by atoms with van der Waals surface area (Å²) in [7, 11) is 1.55. The smallest absolute Gasteiger partial charge is 0.255 e. The Balaban J connectivity index is 1.53. The van der Waals surface area contributed by atoms with E-state index >= 15 is 0 Å². The standard InChI is InChI=1S/C26H29Cl2N3O3/c1-16-11-21(27)13-19(24(16)29-25(33)20-14-22(28)30(2)23(32)15-20)12-17-7-9-31(10-8-17)26(34)18-5-3-4-6-18/h11-15,18H,3-10H2,1-2H3,(H,29,33). The Morgan fingerprint density at radius 1 is 1.06 bits per heavy atom. The van der Waals surface area contributed by atoms with Crippen molar-refractivity contribution in [3.8, 4) is 0 Å². The molecule has 2 amide bonds. The van der Waals surface area contributed by atoms with Crippen molar-refractivity contribution in [2.24, 2.45) is 13.0 Å². The van der Waals surface area contributed by atoms with Gasteiger partial charge in [0, 0.05) is 42.7 Å².